The summed E-state index contributed by atoms with van der Waals surface area (Å²) in [5.74, 6) is 0.00282. The van der Waals surface area contributed by atoms with Crippen molar-refractivity contribution in [3.05, 3.63) is 36.0 Å². The average molecular weight is 258 g/mol. The molecule has 0 unspecified atom stereocenters. The van der Waals surface area contributed by atoms with E-state index in [1.165, 1.54) is 0 Å². The summed E-state index contributed by atoms with van der Waals surface area (Å²) in [6, 6.07) is 7.94. The Hall–Kier alpha value is -1.81. The number of carbonyl (C=O) groups is 1. The fraction of sp³-hybridized carbons (Fsp3) is 0.400. The highest BCUT2D eigenvalue weighted by molar-refractivity contribution is 5.98. The molecule has 3 rings (SSSR count). The molecule has 2 N–H and O–H groups in total. The van der Waals surface area contributed by atoms with E-state index < -0.39 is 0 Å². The molecule has 1 fully saturated rings. The van der Waals surface area contributed by atoms with Crippen molar-refractivity contribution < 1.29 is 9.53 Å². The maximum atomic E-state index is 12.1. The Morgan fingerprint density at radius 2 is 2.26 bits per heavy atom. The van der Waals surface area contributed by atoms with Crippen LogP contribution in [-0.4, -0.2) is 29.6 Å². The molecule has 4 heteroatoms. The van der Waals surface area contributed by atoms with Crippen molar-refractivity contribution in [1.82, 2.24) is 10.3 Å². The predicted octanol–water partition coefficient (Wildman–Crippen LogP) is 2.47. The van der Waals surface area contributed by atoms with Gasteiger partial charge in [-0.25, -0.2) is 0 Å². The fourth-order valence-electron chi connectivity index (χ4n) is 2.52. The van der Waals surface area contributed by atoms with Crippen LogP contribution in [0.5, 0.6) is 0 Å². The van der Waals surface area contributed by atoms with Crippen molar-refractivity contribution >= 4 is 16.8 Å². The van der Waals surface area contributed by atoms with Crippen molar-refractivity contribution in [2.24, 2.45) is 0 Å². The third-order valence-electron chi connectivity index (χ3n) is 3.65. The maximum Gasteiger partial charge on any atom is 0.251 e. The number of aromatic nitrogens is 1. The molecule has 1 aliphatic rings. The van der Waals surface area contributed by atoms with Gasteiger partial charge in [-0.1, -0.05) is 0 Å². The van der Waals surface area contributed by atoms with E-state index >= 15 is 0 Å². The summed E-state index contributed by atoms with van der Waals surface area (Å²) in [4.78, 5) is 15.2. The lowest BCUT2D eigenvalue weighted by Crippen LogP contribution is -2.47. The molecular weight excluding hydrogens is 240 g/mol. The van der Waals surface area contributed by atoms with E-state index in [2.05, 4.69) is 10.3 Å². The summed E-state index contributed by atoms with van der Waals surface area (Å²) >= 11 is 0. The zero-order valence-corrected chi connectivity index (χ0v) is 11.0. The molecule has 19 heavy (non-hydrogen) atoms. The number of nitrogens with one attached hydrogen (secondary N) is 2. The highest BCUT2D eigenvalue weighted by atomic mass is 16.5. The molecule has 1 saturated carbocycles. The van der Waals surface area contributed by atoms with Crippen LogP contribution in [0, 0.1) is 0 Å². The highest BCUT2D eigenvalue weighted by Gasteiger charge is 2.30. The summed E-state index contributed by atoms with van der Waals surface area (Å²) in [6.07, 6.45) is 4.05. The number of benzene rings is 1. The minimum atomic E-state index is 0.00282. The topological polar surface area (TPSA) is 54.1 Å². The van der Waals surface area contributed by atoms with Crippen LogP contribution in [-0.2, 0) is 4.74 Å². The van der Waals surface area contributed by atoms with Gasteiger partial charge in [-0.05, 0) is 44.0 Å². The van der Waals surface area contributed by atoms with Crippen LogP contribution >= 0.6 is 0 Å². The minimum Gasteiger partial charge on any atom is -0.378 e. The number of fused-ring (bicyclic) bond motifs is 1. The smallest absolute Gasteiger partial charge is 0.251 e. The van der Waals surface area contributed by atoms with Crippen molar-refractivity contribution in [1.29, 1.82) is 0 Å². The monoisotopic (exact) mass is 258 g/mol. The van der Waals surface area contributed by atoms with Crippen molar-refractivity contribution in [2.75, 3.05) is 6.61 Å². The van der Waals surface area contributed by atoms with E-state index in [-0.39, 0.29) is 11.9 Å². The van der Waals surface area contributed by atoms with Crippen molar-refractivity contribution in [3.8, 4) is 0 Å². The van der Waals surface area contributed by atoms with Gasteiger partial charge in [0.05, 0.1) is 6.10 Å². The van der Waals surface area contributed by atoms with Gasteiger partial charge < -0.3 is 15.0 Å². The van der Waals surface area contributed by atoms with Gasteiger partial charge in [-0.15, -0.1) is 0 Å². The largest absolute Gasteiger partial charge is 0.378 e. The van der Waals surface area contributed by atoms with Crippen molar-refractivity contribution in [2.45, 2.75) is 31.9 Å². The molecule has 100 valence electrons. The molecule has 0 saturated heterocycles. The molecule has 2 aromatic rings. The Bertz CT molecular complexity index is 585. The number of hydrogen-bond donors (Lipinski definition) is 2. The first-order valence-electron chi connectivity index (χ1n) is 6.76. The first kappa shape index (κ1) is 12.2. The van der Waals surface area contributed by atoms with Crippen molar-refractivity contribution in [3.63, 3.8) is 0 Å². The molecule has 1 aromatic carbocycles. The van der Waals surface area contributed by atoms with Crippen LogP contribution in [0.15, 0.2) is 30.5 Å². The number of aromatic amines is 1. The Labute approximate surface area is 112 Å². The Morgan fingerprint density at radius 1 is 1.42 bits per heavy atom. The molecule has 0 atom stereocenters. The number of carbonyl (C=O) groups excluding carboxylic acids is 1. The minimum absolute atomic E-state index is 0.00282. The van der Waals surface area contributed by atoms with E-state index in [0.717, 1.165) is 30.4 Å². The zero-order chi connectivity index (χ0) is 13.2. The summed E-state index contributed by atoms with van der Waals surface area (Å²) in [5.41, 5.74) is 1.77. The molecule has 1 heterocycles. The van der Waals surface area contributed by atoms with Gasteiger partial charge in [0.2, 0.25) is 0 Å². The van der Waals surface area contributed by atoms with Gasteiger partial charge in [-0.2, -0.15) is 0 Å². The molecule has 1 aliphatic carbocycles. The number of amides is 1. The first-order chi connectivity index (χ1) is 9.26. The van der Waals surface area contributed by atoms with Gasteiger partial charge in [0.1, 0.15) is 0 Å². The maximum absolute atomic E-state index is 12.1. The number of H-pyrrole nitrogens is 1. The Kier molecular flexibility index (Phi) is 3.25. The van der Waals surface area contributed by atoms with Gasteiger partial charge in [-0.3, -0.25) is 4.79 Å². The summed E-state index contributed by atoms with van der Waals surface area (Å²) in [5, 5.41) is 4.11. The van der Waals surface area contributed by atoms with E-state index in [9.17, 15) is 4.79 Å². The third kappa shape index (κ3) is 2.49. The van der Waals surface area contributed by atoms with E-state index in [4.69, 9.17) is 4.74 Å². The Morgan fingerprint density at radius 3 is 3.05 bits per heavy atom. The lowest BCUT2D eigenvalue weighted by atomic mass is 9.89. The average Bonchev–Trinajstić information content (AvgIpc) is 2.83. The second-order valence-electron chi connectivity index (χ2n) is 5.00. The van der Waals surface area contributed by atoms with Gasteiger partial charge >= 0.3 is 0 Å². The molecule has 0 aliphatic heterocycles. The van der Waals surface area contributed by atoms with Crippen LogP contribution < -0.4 is 5.32 Å². The Balaban J connectivity index is 1.61. The van der Waals surface area contributed by atoms with Gasteiger partial charge in [0.15, 0.2) is 0 Å². The summed E-state index contributed by atoms with van der Waals surface area (Å²) < 4.78 is 5.49. The lowest BCUT2D eigenvalue weighted by Gasteiger charge is -2.35. The normalized spacial score (nSPS) is 22.2. The number of hydrogen-bond acceptors (Lipinski definition) is 2. The van der Waals surface area contributed by atoms with E-state index in [1.807, 2.05) is 37.4 Å². The van der Waals surface area contributed by atoms with Crippen LogP contribution in [0.1, 0.15) is 30.1 Å². The zero-order valence-electron chi connectivity index (χ0n) is 11.0. The number of ether oxygens (including phenoxy) is 1. The third-order valence-corrected chi connectivity index (χ3v) is 3.65. The molecular formula is C15H18N2O2. The highest BCUT2D eigenvalue weighted by Crippen LogP contribution is 2.23. The van der Waals surface area contributed by atoms with Crippen LogP contribution in [0.2, 0.25) is 0 Å². The number of rotatable bonds is 4. The van der Waals surface area contributed by atoms with E-state index in [0.29, 0.717) is 11.7 Å². The molecule has 1 amide bonds. The predicted molar refractivity (Wildman–Crippen MR) is 74.2 cm³/mol. The lowest BCUT2D eigenvalue weighted by molar-refractivity contribution is -0.00862. The summed E-state index contributed by atoms with van der Waals surface area (Å²) in [7, 11) is 0. The molecule has 1 aromatic heterocycles. The molecule has 0 spiro atoms. The molecule has 0 radical (unpaired) electrons. The van der Waals surface area contributed by atoms with Crippen LogP contribution in [0.3, 0.4) is 0 Å². The van der Waals surface area contributed by atoms with Crippen LogP contribution in [0.4, 0.5) is 0 Å². The molecule has 4 nitrogen and oxygen atoms in total. The quantitative estimate of drug-likeness (QED) is 0.885. The standard InChI is InChI=1S/C15H18N2O2/c1-2-19-13-8-12(9-13)17-15(18)11-3-4-14-10(7-11)5-6-16-14/h3-7,12-13,16H,2,8-9H2,1H3,(H,17,18). The SMILES string of the molecule is CCOC1CC(NC(=O)c2ccc3[nH]ccc3c2)C1. The molecule has 0 bridgehead atoms. The fourth-order valence-corrected chi connectivity index (χ4v) is 2.52. The second-order valence-corrected chi connectivity index (χ2v) is 5.00. The summed E-state index contributed by atoms with van der Waals surface area (Å²) in [6.45, 7) is 2.74. The van der Waals surface area contributed by atoms with Gasteiger partial charge in [0, 0.05) is 35.3 Å². The van der Waals surface area contributed by atoms with Gasteiger partial charge in [0.25, 0.3) is 5.91 Å². The van der Waals surface area contributed by atoms with E-state index in [1.54, 1.807) is 0 Å². The first-order valence-corrected chi connectivity index (χ1v) is 6.76. The van der Waals surface area contributed by atoms with Crippen LogP contribution in [0.25, 0.3) is 10.9 Å². The second kappa shape index (κ2) is 5.05.